The first kappa shape index (κ1) is 14.1. The maximum absolute atomic E-state index is 12.6. The van der Waals surface area contributed by atoms with Crippen molar-refractivity contribution < 1.29 is 14.6 Å². The number of nitrogens with zero attached hydrogens (tertiary/aromatic N) is 2. The molecule has 6 nitrogen and oxygen atoms in total. The Kier molecular flexibility index (Phi) is 3.09. The van der Waals surface area contributed by atoms with E-state index >= 15 is 0 Å². The minimum absolute atomic E-state index is 0.0424. The molecule has 0 saturated heterocycles. The number of phenols is 2. The number of benzene rings is 2. The minimum Gasteiger partial charge on any atom is -0.504 e. The summed E-state index contributed by atoms with van der Waals surface area (Å²) >= 11 is 0. The summed E-state index contributed by atoms with van der Waals surface area (Å²) in [5.41, 5.74) is 1.45. The lowest BCUT2D eigenvalue weighted by molar-refractivity contribution is 0.399. The van der Waals surface area contributed by atoms with Crippen molar-refractivity contribution in [2.45, 2.75) is 0 Å². The van der Waals surface area contributed by atoms with Crippen LogP contribution in [-0.2, 0) is 0 Å². The van der Waals surface area contributed by atoms with Crippen LogP contribution in [0.4, 0.5) is 0 Å². The van der Waals surface area contributed by atoms with Crippen molar-refractivity contribution in [1.29, 1.82) is 0 Å². The predicted molar refractivity (Wildman–Crippen MR) is 88.4 cm³/mol. The SMILES string of the molecule is O=c1c(-c2cnn(-c3ccccc3)c2)coc2c(O)c(O)ccc12. The highest BCUT2D eigenvalue weighted by Gasteiger charge is 2.15. The Balaban J connectivity index is 1.86. The maximum atomic E-state index is 12.6. The summed E-state index contributed by atoms with van der Waals surface area (Å²) in [4.78, 5) is 12.6. The first-order valence-corrected chi connectivity index (χ1v) is 7.22. The van der Waals surface area contributed by atoms with Crippen LogP contribution in [0.2, 0.25) is 0 Å². The Morgan fingerprint density at radius 3 is 2.62 bits per heavy atom. The second-order valence-electron chi connectivity index (χ2n) is 5.30. The second-order valence-corrected chi connectivity index (χ2v) is 5.30. The Bertz CT molecular complexity index is 1100. The molecule has 0 aliphatic rings. The van der Waals surface area contributed by atoms with E-state index in [0.29, 0.717) is 11.1 Å². The van der Waals surface area contributed by atoms with Crippen LogP contribution < -0.4 is 5.43 Å². The topological polar surface area (TPSA) is 88.5 Å². The van der Waals surface area contributed by atoms with Gasteiger partial charge >= 0.3 is 0 Å². The number of para-hydroxylation sites is 1. The molecule has 2 N–H and O–H groups in total. The molecule has 0 bridgehead atoms. The van der Waals surface area contributed by atoms with Crippen molar-refractivity contribution >= 4 is 11.0 Å². The summed E-state index contributed by atoms with van der Waals surface area (Å²) < 4.78 is 7.02. The van der Waals surface area contributed by atoms with Gasteiger partial charge in [0.25, 0.3) is 0 Å². The third-order valence-corrected chi connectivity index (χ3v) is 3.81. The Hall–Kier alpha value is -3.54. The molecule has 0 aliphatic heterocycles. The van der Waals surface area contributed by atoms with Gasteiger partial charge in [-0.05, 0) is 24.3 Å². The van der Waals surface area contributed by atoms with Crippen molar-refractivity contribution in [3.8, 4) is 28.3 Å². The molecule has 118 valence electrons. The minimum atomic E-state index is -0.448. The van der Waals surface area contributed by atoms with Crippen molar-refractivity contribution in [2.75, 3.05) is 0 Å². The molecule has 0 atom stereocenters. The Morgan fingerprint density at radius 1 is 1.04 bits per heavy atom. The summed E-state index contributed by atoms with van der Waals surface area (Å²) in [6.45, 7) is 0. The lowest BCUT2D eigenvalue weighted by Gasteiger charge is -2.03. The van der Waals surface area contributed by atoms with Gasteiger partial charge in [-0.2, -0.15) is 5.10 Å². The molecular weight excluding hydrogens is 308 g/mol. The highest BCUT2D eigenvalue weighted by molar-refractivity contribution is 5.87. The molecule has 6 heteroatoms. The maximum Gasteiger partial charge on any atom is 0.201 e. The first-order chi connectivity index (χ1) is 11.6. The summed E-state index contributed by atoms with van der Waals surface area (Å²) in [5, 5.41) is 23.7. The van der Waals surface area contributed by atoms with Gasteiger partial charge in [0.05, 0.1) is 22.8 Å². The van der Waals surface area contributed by atoms with Crippen molar-refractivity contribution in [2.24, 2.45) is 0 Å². The number of fused-ring (bicyclic) bond motifs is 1. The summed E-state index contributed by atoms with van der Waals surface area (Å²) in [6.07, 6.45) is 4.56. The van der Waals surface area contributed by atoms with Gasteiger partial charge < -0.3 is 14.6 Å². The fourth-order valence-electron chi connectivity index (χ4n) is 2.56. The monoisotopic (exact) mass is 320 g/mol. The van der Waals surface area contributed by atoms with Gasteiger partial charge in [-0.1, -0.05) is 18.2 Å². The number of hydrogen-bond donors (Lipinski definition) is 2. The number of phenolic OH excluding ortho intramolecular Hbond substituents is 2. The zero-order valence-corrected chi connectivity index (χ0v) is 12.4. The van der Waals surface area contributed by atoms with Crippen molar-refractivity contribution in [1.82, 2.24) is 9.78 Å². The van der Waals surface area contributed by atoms with Crippen LogP contribution in [0.15, 0.2) is 70.3 Å². The summed E-state index contributed by atoms with van der Waals surface area (Å²) in [5.74, 6) is -0.786. The van der Waals surface area contributed by atoms with Crippen LogP contribution in [0, 0.1) is 0 Å². The fourth-order valence-corrected chi connectivity index (χ4v) is 2.56. The highest BCUT2D eigenvalue weighted by atomic mass is 16.4. The van der Waals surface area contributed by atoms with E-state index in [1.807, 2.05) is 30.3 Å². The van der Waals surface area contributed by atoms with Crippen molar-refractivity contribution in [3.05, 3.63) is 71.3 Å². The van der Waals surface area contributed by atoms with Gasteiger partial charge in [0.2, 0.25) is 11.2 Å². The van der Waals surface area contributed by atoms with E-state index in [1.54, 1.807) is 17.1 Å². The van der Waals surface area contributed by atoms with Crippen LogP contribution in [0.1, 0.15) is 0 Å². The van der Waals surface area contributed by atoms with Crippen LogP contribution >= 0.6 is 0 Å². The summed E-state index contributed by atoms with van der Waals surface area (Å²) in [7, 11) is 0. The number of aromatic hydroxyl groups is 2. The Labute approximate surface area is 135 Å². The highest BCUT2D eigenvalue weighted by Crippen LogP contribution is 2.33. The molecule has 0 unspecified atom stereocenters. The van der Waals surface area contributed by atoms with Gasteiger partial charge in [-0.3, -0.25) is 4.79 Å². The third kappa shape index (κ3) is 2.13. The van der Waals surface area contributed by atoms with E-state index in [0.717, 1.165) is 5.69 Å². The van der Waals surface area contributed by atoms with E-state index in [4.69, 9.17) is 4.42 Å². The molecule has 0 amide bonds. The molecule has 0 aliphatic carbocycles. The lowest BCUT2D eigenvalue weighted by atomic mass is 10.1. The molecular formula is C18H12N2O4. The molecule has 4 rings (SSSR count). The predicted octanol–water partition coefficient (Wildman–Crippen LogP) is 3.06. The van der Waals surface area contributed by atoms with E-state index in [9.17, 15) is 15.0 Å². The van der Waals surface area contributed by atoms with Crippen LogP contribution in [0.25, 0.3) is 27.8 Å². The standard InChI is InChI=1S/C18H12N2O4/c21-15-7-6-13-16(22)14(10-24-18(13)17(15)23)11-8-19-20(9-11)12-4-2-1-3-5-12/h1-10,21,23H. The van der Waals surface area contributed by atoms with Crippen LogP contribution in [0.5, 0.6) is 11.5 Å². The summed E-state index contributed by atoms with van der Waals surface area (Å²) in [6, 6.07) is 12.2. The van der Waals surface area contributed by atoms with Crippen LogP contribution in [-0.4, -0.2) is 20.0 Å². The Morgan fingerprint density at radius 2 is 1.83 bits per heavy atom. The lowest BCUT2D eigenvalue weighted by Crippen LogP contribution is -2.04. The van der Waals surface area contributed by atoms with E-state index < -0.39 is 5.75 Å². The molecule has 0 radical (unpaired) electrons. The molecule has 2 aromatic carbocycles. The number of hydrogen-bond acceptors (Lipinski definition) is 5. The van der Waals surface area contributed by atoms with Crippen molar-refractivity contribution in [3.63, 3.8) is 0 Å². The smallest absolute Gasteiger partial charge is 0.201 e. The van der Waals surface area contributed by atoms with E-state index in [2.05, 4.69) is 5.10 Å². The fraction of sp³-hybridized carbons (Fsp3) is 0. The van der Waals surface area contributed by atoms with Gasteiger partial charge in [-0.25, -0.2) is 4.68 Å². The third-order valence-electron chi connectivity index (χ3n) is 3.81. The zero-order chi connectivity index (χ0) is 16.7. The molecule has 0 saturated carbocycles. The van der Waals surface area contributed by atoms with E-state index in [-0.39, 0.29) is 22.1 Å². The van der Waals surface area contributed by atoms with Gasteiger partial charge in [0, 0.05) is 11.8 Å². The van der Waals surface area contributed by atoms with Gasteiger partial charge in [0.15, 0.2) is 11.3 Å². The average Bonchev–Trinajstić information content (AvgIpc) is 3.09. The molecule has 0 fully saturated rings. The molecule has 4 aromatic rings. The average molecular weight is 320 g/mol. The normalized spacial score (nSPS) is 11.0. The zero-order valence-electron chi connectivity index (χ0n) is 12.4. The largest absolute Gasteiger partial charge is 0.504 e. The molecule has 0 spiro atoms. The molecule has 24 heavy (non-hydrogen) atoms. The van der Waals surface area contributed by atoms with Gasteiger partial charge in [0.1, 0.15) is 6.26 Å². The molecule has 2 aromatic heterocycles. The van der Waals surface area contributed by atoms with E-state index in [1.165, 1.54) is 18.4 Å². The quantitative estimate of drug-likeness (QED) is 0.554. The number of rotatable bonds is 2. The first-order valence-electron chi connectivity index (χ1n) is 7.22. The van der Waals surface area contributed by atoms with Gasteiger partial charge in [-0.15, -0.1) is 0 Å². The second kappa shape index (κ2) is 5.27. The molecule has 2 heterocycles. The van der Waals surface area contributed by atoms with Crippen LogP contribution in [0.3, 0.4) is 0 Å². The number of aromatic nitrogens is 2.